The zero-order chi connectivity index (χ0) is 17.2. The molecule has 1 fully saturated rings. The molecule has 2 rings (SSSR count). The van der Waals surface area contributed by atoms with Gasteiger partial charge in [-0.1, -0.05) is 24.3 Å². The van der Waals surface area contributed by atoms with Gasteiger partial charge in [0.25, 0.3) is 0 Å². The number of guanidine groups is 1. The summed E-state index contributed by atoms with van der Waals surface area (Å²) in [5.74, 6) is 0.989. The van der Waals surface area contributed by atoms with Crippen LogP contribution in [-0.2, 0) is 11.3 Å². The van der Waals surface area contributed by atoms with Crippen LogP contribution in [0.3, 0.4) is 0 Å². The van der Waals surface area contributed by atoms with E-state index in [9.17, 15) is 0 Å². The van der Waals surface area contributed by atoms with E-state index in [0.717, 1.165) is 64.9 Å². The Morgan fingerprint density at radius 2 is 2.00 bits per heavy atom. The molecule has 0 saturated carbocycles. The number of benzene rings is 1. The highest BCUT2D eigenvalue weighted by molar-refractivity contribution is 14.0. The van der Waals surface area contributed by atoms with Crippen LogP contribution in [0, 0.1) is 6.92 Å². The van der Waals surface area contributed by atoms with Crippen molar-refractivity contribution in [2.24, 2.45) is 4.99 Å². The Kier molecular flexibility index (Phi) is 11.1. The molecule has 0 aliphatic carbocycles. The van der Waals surface area contributed by atoms with Gasteiger partial charge in [-0.2, -0.15) is 0 Å². The predicted octanol–water partition coefficient (Wildman–Crippen LogP) is 2.73. The monoisotopic (exact) mass is 460 g/mol. The molecule has 1 aromatic carbocycles. The fourth-order valence-electron chi connectivity index (χ4n) is 2.89. The number of hydrogen-bond donors (Lipinski definition) is 1. The van der Waals surface area contributed by atoms with Crippen molar-refractivity contribution in [3.05, 3.63) is 35.4 Å². The molecule has 5 nitrogen and oxygen atoms in total. The Hall–Kier alpha value is -0.860. The summed E-state index contributed by atoms with van der Waals surface area (Å²) in [5.41, 5.74) is 2.67. The van der Waals surface area contributed by atoms with Gasteiger partial charge in [-0.25, -0.2) is 0 Å². The fourth-order valence-corrected chi connectivity index (χ4v) is 2.89. The van der Waals surface area contributed by atoms with Crippen LogP contribution in [0.2, 0.25) is 0 Å². The van der Waals surface area contributed by atoms with Crippen molar-refractivity contribution in [2.75, 3.05) is 53.0 Å². The molecule has 1 aliphatic heterocycles. The summed E-state index contributed by atoms with van der Waals surface area (Å²) in [4.78, 5) is 9.47. The van der Waals surface area contributed by atoms with Crippen LogP contribution in [0.15, 0.2) is 29.3 Å². The molecule has 0 bridgehead atoms. The minimum absolute atomic E-state index is 0. The van der Waals surface area contributed by atoms with E-state index >= 15 is 0 Å². The number of aliphatic imine (C=N–C) groups is 1. The van der Waals surface area contributed by atoms with E-state index in [2.05, 4.69) is 60.3 Å². The number of aryl methyl sites for hydroxylation is 1. The van der Waals surface area contributed by atoms with Gasteiger partial charge in [0, 0.05) is 46.3 Å². The first-order chi connectivity index (χ1) is 11.7. The number of rotatable bonds is 7. The van der Waals surface area contributed by atoms with Crippen molar-refractivity contribution in [1.29, 1.82) is 0 Å². The summed E-state index contributed by atoms with van der Waals surface area (Å²) >= 11 is 0. The molecule has 1 N–H and O–H groups in total. The van der Waals surface area contributed by atoms with Crippen molar-refractivity contribution >= 4 is 29.9 Å². The summed E-state index contributed by atoms with van der Waals surface area (Å²) in [7, 11) is 2.11. The topological polar surface area (TPSA) is 40.1 Å². The smallest absolute Gasteiger partial charge is 0.193 e. The second-order valence-corrected chi connectivity index (χ2v) is 6.33. The number of nitrogens with zero attached hydrogens (tertiary/aromatic N) is 3. The van der Waals surface area contributed by atoms with Gasteiger partial charge >= 0.3 is 0 Å². The quantitative estimate of drug-likeness (QED) is 0.294. The Labute approximate surface area is 169 Å². The molecule has 0 radical (unpaired) electrons. The largest absolute Gasteiger partial charge is 0.379 e. The lowest BCUT2D eigenvalue weighted by atomic mass is 10.1. The van der Waals surface area contributed by atoms with Crippen molar-refractivity contribution in [3.63, 3.8) is 0 Å². The molecule has 1 aromatic rings. The first-order valence-corrected chi connectivity index (χ1v) is 9.04. The molecular weight excluding hydrogens is 427 g/mol. The number of halogens is 1. The fraction of sp³-hybridized carbons (Fsp3) is 0.632. The van der Waals surface area contributed by atoms with E-state index in [0.29, 0.717) is 0 Å². The van der Waals surface area contributed by atoms with E-state index in [1.165, 1.54) is 11.1 Å². The van der Waals surface area contributed by atoms with Crippen molar-refractivity contribution < 1.29 is 4.74 Å². The lowest BCUT2D eigenvalue weighted by Gasteiger charge is -2.26. The highest BCUT2D eigenvalue weighted by Gasteiger charge is 2.10. The molecular formula is C19H33IN4O. The van der Waals surface area contributed by atoms with Crippen LogP contribution in [0.1, 0.15) is 24.5 Å². The van der Waals surface area contributed by atoms with Gasteiger partial charge in [-0.3, -0.25) is 9.89 Å². The average Bonchev–Trinajstić information content (AvgIpc) is 2.60. The number of nitrogens with one attached hydrogen (secondary N) is 1. The maximum atomic E-state index is 5.39. The highest BCUT2D eigenvalue weighted by atomic mass is 127. The van der Waals surface area contributed by atoms with E-state index in [-0.39, 0.29) is 24.0 Å². The summed E-state index contributed by atoms with van der Waals surface area (Å²) in [6.45, 7) is 11.8. The SMILES string of the molecule is CCNC(=NCCCN1CCOCC1)N(C)Cc1ccccc1C.I. The molecule has 1 heterocycles. The summed E-state index contributed by atoms with van der Waals surface area (Å²) in [6, 6.07) is 8.54. The molecule has 0 unspecified atom stereocenters. The Morgan fingerprint density at radius 1 is 1.28 bits per heavy atom. The van der Waals surface area contributed by atoms with Gasteiger partial charge in [0.2, 0.25) is 0 Å². The molecule has 6 heteroatoms. The van der Waals surface area contributed by atoms with Crippen LogP contribution in [0.25, 0.3) is 0 Å². The second kappa shape index (κ2) is 12.5. The normalized spacial score (nSPS) is 15.6. The van der Waals surface area contributed by atoms with Gasteiger partial charge in [-0.15, -0.1) is 24.0 Å². The van der Waals surface area contributed by atoms with Gasteiger partial charge in [0.1, 0.15) is 0 Å². The molecule has 142 valence electrons. The average molecular weight is 460 g/mol. The number of hydrogen-bond acceptors (Lipinski definition) is 3. The van der Waals surface area contributed by atoms with E-state index in [1.54, 1.807) is 0 Å². The zero-order valence-electron chi connectivity index (χ0n) is 15.8. The Balaban J connectivity index is 0.00000312. The van der Waals surface area contributed by atoms with E-state index in [1.807, 2.05) is 0 Å². The van der Waals surface area contributed by atoms with Crippen LogP contribution >= 0.6 is 24.0 Å². The maximum absolute atomic E-state index is 5.39. The van der Waals surface area contributed by atoms with Crippen molar-refractivity contribution in [3.8, 4) is 0 Å². The van der Waals surface area contributed by atoms with Crippen LogP contribution in [-0.4, -0.2) is 68.7 Å². The number of morpholine rings is 1. The molecule has 0 atom stereocenters. The van der Waals surface area contributed by atoms with Crippen molar-refractivity contribution in [2.45, 2.75) is 26.8 Å². The standard InChI is InChI=1S/C19H32N4O.HI/c1-4-20-19(21-10-7-11-23-12-14-24-15-13-23)22(3)16-18-9-6-5-8-17(18)2;/h5-6,8-9H,4,7,10-16H2,1-3H3,(H,20,21);1H. The van der Waals surface area contributed by atoms with Crippen LogP contribution < -0.4 is 5.32 Å². The molecule has 25 heavy (non-hydrogen) atoms. The Morgan fingerprint density at radius 3 is 2.68 bits per heavy atom. The molecule has 0 amide bonds. The molecule has 1 saturated heterocycles. The third-order valence-electron chi connectivity index (χ3n) is 4.36. The third-order valence-corrected chi connectivity index (χ3v) is 4.36. The van der Waals surface area contributed by atoms with Crippen molar-refractivity contribution in [1.82, 2.24) is 15.1 Å². The molecule has 0 aromatic heterocycles. The predicted molar refractivity (Wildman–Crippen MR) is 116 cm³/mol. The van der Waals surface area contributed by atoms with Gasteiger partial charge < -0.3 is 15.0 Å². The molecule has 0 spiro atoms. The lowest BCUT2D eigenvalue weighted by molar-refractivity contribution is 0.0377. The van der Waals surface area contributed by atoms with Gasteiger partial charge in [0.15, 0.2) is 5.96 Å². The minimum atomic E-state index is 0. The lowest BCUT2D eigenvalue weighted by Crippen LogP contribution is -2.39. The summed E-state index contributed by atoms with van der Waals surface area (Å²) in [5, 5.41) is 3.40. The van der Waals surface area contributed by atoms with Crippen LogP contribution in [0.4, 0.5) is 0 Å². The zero-order valence-corrected chi connectivity index (χ0v) is 18.2. The summed E-state index contributed by atoms with van der Waals surface area (Å²) < 4.78 is 5.39. The highest BCUT2D eigenvalue weighted by Crippen LogP contribution is 2.09. The van der Waals surface area contributed by atoms with E-state index < -0.39 is 0 Å². The minimum Gasteiger partial charge on any atom is -0.379 e. The number of ether oxygens (including phenoxy) is 1. The molecule has 1 aliphatic rings. The third kappa shape index (κ3) is 7.92. The van der Waals surface area contributed by atoms with Gasteiger partial charge in [0.05, 0.1) is 13.2 Å². The van der Waals surface area contributed by atoms with Crippen LogP contribution in [0.5, 0.6) is 0 Å². The summed E-state index contributed by atoms with van der Waals surface area (Å²) in [6.07, 6.45) is 1.09. The first-order valence-electron chi connectivity index (χ1n) is 9.04. The Bertz CT molecular complexity index is 518. The maximum Gasteiger partial charge on any atom is 0.193 e. The second-order valence-electron chi connectivity index (χ2n) is 6.33. The first kappa shape index (κ1) is 22.2. The van der Waals surface area contributed by atoms with Gasteiger partial charge in [-0.05, 0) is 31.4 Å². The van der Waals surface area contributed by atoms with E-state index in [4.69, 9.17) is 9.73 Å².